The minimum absolute atomic E-state index is 0.0180. The zero-order valence-electron chi connectivity index (χ0n) is 46.4. The molecule has 0 saturated carbocycles. The van der Waals surface area contributed by atoms with Crippen LogP contribution in [0.5, 0.6) is 0 Å². The molecule has 0 saturated heterocycles. The van der Waals surface area contributed by atoms with Crippen LogP contribution in [0.25, 0.3) is 33.4 Å². The van der Waals surface area contributed by atoms with E-state index in [1.807, 2.05) is 54.6 Å². The Labute approximate surface area is 472 Å². The molecule has 2 aromatic heterocycles. The highest BCUT2D eigenvalue weighted by atomic mass is 19.1. The van der Waals surface area contributed by atoms with Crippen LogP contribution in [0.4, 0.5) is 9.18 Å². The highest BCUT2D eigenvalue weighted by Crippen LogP contribution is 2.47. The van der Waals surface area contributed by atoms with Crippen molar-refractivity contribution in [2.24, 2.45) is 0 Å². The quantitative estimate of drug-likeness (QED) is 0.0488. The van der Waals surface area contributed by atoms with Crippen LogP contribution < -0.4 is 26.8 Å². The normalized spacial score (nSPS) is 17.3. The van der Waals surface area contributed by atoms with Crippen molar-refractivity contribution >= 4 is 52.3 Å². The van der Waals surface area contributed by atoms with E-state index in [9.17, 15) is 43.5 Å². The topological polar surface area (TPSA) is 250 Å². The first-order valence-electron chi connectivity index (χ1n) is 27.7. The van der Waals surface area contributed by atoms with Crippen LogP contribution in [0.15, 0.2) is 95.8 Å². The minimum atomic E-state index is -2.08. The van der Waals surface area contributed by atoms with E-state index in [0.29, 0.717) is 51.9 Å². The number of nitrogens with one attached hydrogen (secondary N) is 4. The fourth-order valence-corrected chi connectivity index (χ4v) is 11.7. The molecule has 5 N–H and O–H groups in total. The molecule has 0 spiro atoms. The number of halogens is 1. The third-order valence-electron chi connectivity index (χ3n) is 16.0. The van der Waals surface area contributed by atoms with Crippen molar-refractivity contribution in [3.05, 3.63) is 157 Å². The van der Waals surface area contributed by atoms with Crippen molar-refractivity contribution in [1.82, 2.24) is 30.8 Å². The Bertz CT molecular complexity index is 3600. The third kappa shape index (κ3) is 11.4. The summed E-state index contributed by atoms with van der Waals surface area (Å²) in [7, 11) is 0. The minimum Gasteiger partial charge on any atom is -0.458 e. The number of esters is 1. The second-order valence-corrected chi connectivity index (χ2v) is 22.4. The number of hydrogen-bond donors (Lipinski definition) is 5. The molecule has 18 nitrogen and oxygen atoms in total. The highest BCUT2D eigenvalue weighted by Gasteiger charge is 2.46. The molecule has 19 heteroatoms. The van der Waals surface area contributed by atoms with Crippen LogP contribution in [0.3, 0.4) is 0 Å². The Morgan fingerprint density at radius 1 is 0.854 bits per heavy atom. The Kier molecular flexibility index (Phi) is 16.1. The van der Waals surface area contributed by atoms with Gasteiger partial charge < -0.3 is 45.2 Å². The molecule has 0 bridgehead atoms. The van der Waals surface area contributed by atoms with Crippen LogP contribution in [-0.2, 0) is 74.6 Å². The summed E-state index contributed by atoms with van der Waals surface area (Å²) in [4.78, 5) is 114. The fraction of sp³-hybridized carbons (Fsp3) is 0.381. The van der Waals surface area contributed by atoms with Gasteiger partial charge in [-0.25, -0.2) is 19.0 Å². The fourth-order valence-electron chi connectivity index (χ4n) is 11.7. The average Bonchev–Trinajstić information content (AvgIpc) is 4.19. The number of ketones is 2. The van der Waals surface area contributed by atoms with Gasteiger partial charge in [-0.3, -0.25) is 28.8 Å². The first-order chi connectivity index (χ1) is 39.2. The maximum Gasteiger partial charge on any atom is 0.407 e. The van der Waals surface area contributed by atoms with Gasteiger partial charge in [-0.15, -0.1) is 0 Å². The summed E-state index contributed by atoms with van der Waals surface area (Å²) in [5.41, 5.74) is 5.18. The Morgan fingerprint density at radius 3 is 2.20 bits per heavy atom. The van der Waals surface area contributed by atoms with Crippen LogP contribution in [-0.4, -0.2) is 93.5 Å². The van der Waals surface area contributed by atoms with E-state index in [1.165, 1.54) is 10.6 Å². The number of alkyl carbamates (subject to hydrolysis) is 1. The number of benzene rings is 4. The van der Waals surface area contributed by atoms with Crippen LogP contribution in [0, 0.1) is 12.7 Å². The SMILES string of the molecule is CC[C@@]1(O)C(=O)OCc2c1cc1n(c2=O)Cc2c-1nc1cc(F)c(C)c3c1c2[C@@H](NC(=O)[C@H](COC(C)(C)C)NC(=O)CCC(=O)[C@H](Cc1ccccc1)NC(=O)CCC(=O)CNC(=O)OCC1c2ccccc2-c2ccccc21)CC3. The summed E-state index contributed by atoms with van der Waals surface area (Å²) in [5.74, 6) is -4.26. The highest BCUT2D eigenvalue weighted by molar-refractivity contribution is 5.96. The molecule has 4 aromatic carbocycles. The standard InChI is InChI=1S/C63H65FN6O12/c1-6-63(79)45-27-51-57-42(30-70(51)59(76)44(45)32-80-60(63)77)56-47(22-21-37-34(2)46(64)28-49(68-57)55(37)56)69-58(75)50(33-82-62(3,4)5)67-54(74)25-23-52(72)48(26-35-14-8-7-9-15-35)66-53(73)24-20-36(71)29-65-61(78)81-31-43-40-18-12-10-16-38(40)39-17-11-13-19-41(39)43/h7-19,27-28,43,47-48,50,79H,6,20-26,29-33H2,1-5H3,(H,65,78)(H,66,73)(H,67,74)(H,69,75)/t47-,48-,50-,63-/m0/s1. The first-order valence-corrected chi connectivity index (χ1v) is 27.7. The van der Waals surface area contributed by atoms with E-state index in [2.05, 4.69) is 21.3 Å². The number of aryl methyl sites for hydroxylation is 1. The summed E-state index contributed by atoms with van der Waals surface area (Å²) >= 11 is 0. The van der Waals surface area contributed by atoms with Gasteiger partial charge in [0.2, 0.25) is 17.7 Å². The van der Waals surface area contributed by atoms with Gasteiger partial charge in [0.1, 0.15) is 25.1 Å². The van der Waals surface area contributed by atoms with Crippen molar-refractivity contribution in [1.29, 1.82) is 0 Å². The van der Waals surface area contributed by atoms with Gasteiger partial charge >= 0.3 is 12.1 Å². The maximum absolute atomic E-state index is 15.6. The zero-order valence-corrected chi connectivity index (χ0v) is 46.4. The van der Waals surface area contributed by atoms with Gasteiger partial charge in [0.25, 0.3) is 5.56 Å². The number of carbonyl (C=O) groups is 7. The lowest BCUT2D eigenvalue weighted by molar-refractivity contribution is -0.172. The molecule has 2 aliphatic carbocycles. The van der Waals surface area contributed by atoms with E-state index in [4.69, 9.17) is 19.2 Å². The third-order valence-corrected chi connectivity index (χ3v) is 16.0. The largest absolute Gasteiger partial charge is 0.458 e. The molecular formula is C63H65FN6O12. The predicted octanol–water partition coefficient (Wildman–Crippen LogP) is 6.90. The Hall–Kier alpha value is -8.42. The van der Waals surface area contributed by atoms with Crippen molar-refractivity contribution < 1.29 is 57.3 Å². The lowest BCUT2D eigenvalue weighted by Gasteiger charge is -2.31. The van der Waals surface area contributed by atoms with Gasteiger partial charge in [0, 0.05) is 54.2 Å². The van der Waals surface area contributed by atoms with E-state index >= 15 is 4.39 Å². The molecular weight excluding hydrogens is 1050 g/mol. The number of fused-ring (bicyclic) bond motifs is 8. The number of carbonyl (C=O) groups excluding carboxylic acids is 7. The smallest absolute Gasteiger partial charge is 0.407 e. The maximum atomic E-state index is 15.6. The summed E-state index contributed by atoms with van der Waals surface area (Å²) < 4.78 is 34.0. The molecule has 426 valence electrons. The number of hydrogen-bond acceptors (Lipinski definition) is 13. The van der Waals surface area contributed by atoms with Gasteiger partial charge in [0.15, 0.2) is 17.2 Å². The number of rotatable bonds is 20. The number of nitrogens with zero attached hydrogens (tertiary/aromatic N) is 2. The number of aliphatic hydroxyl groups is 1. The number of ether oxygens (including phenoxy) is 3. The van der Waals surface area contributed by atoms with E-state index < -0.39 is 82.1 Å². The molecule has 6 aromatic rings. The molecule has 4 aliphatic rings. The summed E-state index contributed by atoms with van der Waals surface area (Å²) in [6.07, 6.45) is -1.27. The van der Waals surface area contributed by atoms with Gasteiger partial charge in [-0.1, -0.05) is 85.8 Å². The van der Waals surface area contributed by atoms with Crippen molar-refractivity contribution in [3.8, 4) is 22.5 Å². The monoisotopic (exact) mass is 1120 g/mol. The summed E-state index contributed by atoms with van der Waals surface area (Å²) in [6, 6.07) is 24.6. The molecule has 82 heavy (non-hydrogen) atoms. The number of Topliss-reactive ketones (excluding diaryl/α,β-unsaturated/α-hetero) is 2. The van der Waals surface area contributed by atoms with Gasteiger partial charge in [-0.2, -0.15) is 0 Å². The molecule has 0 fully saturated rings. The van der Waals surface area contributed by atoms with E-state index in [1.54, 1.807) is 65.0 Å². The van der Waals surface area contributed by atoms with Crippen molar-refractivity contribution in [3.63, 3.8) is 0 Å². The van der Waals surface area contributed by atoms with Crippen LogP contribution >= 0.6 is 0 Å². The molecule has 4 heterocycles. The molecule has 4 amide bonds. The molecule has 4 atom stereocenters. The molecule has 0 radical (unpaired) electrons. The van der Waals surface area contributed by atoms with Crippen LogP contribution in [0.1, 0.15) is 128 Å². The second kappa shape index (κ2) is 23.2. The molecule has 2 aliphatic heterocycles. The lowest BCUT2D eigenvalue weighted by atomic mass is 9.81. The van der Waals surface area contributed by atoms with E-state index in [-0.39, 0.29) is 94.0 Å². The first kappa shape index (κ1) is 56.8. The van der Waals surface area contributed by atoms with E-state index in [0.717, 1.165) is 27.8 Å². The Balaban J connectivity index is 0.789. The average molecular weight is 1120 g/mol. The summed E-state index contributed by atoms with van der Waals surface area (Å²) in [6.45, 7) is 7.78. The van der Waals surface area contributed by atoms with Gasteiger partial charge in [0.05, 0.1) is 59.8 Å². The zero-order chi connectivity index (χ0) is 58.2. The number of pyridine rings is 2. The number of amides is 4. The molecule has 0 unspecified atom stereocenters. The number of aromatic nitrogens is 2. The van der Waals surface area contributed by atoms with Crippen molar-refractivity contribution in [2.45, 2.75) is 134 Å². The van der Waals surface area contributed by atoms with Gasteiger partial charge in [-0.05, 0) is 104 Å². The van der Waals surface area contributed by atoms with Crippen LogP contribution in [0.2, 0.25) is 0 Å². The van der Waals surface area contributed by atoms with Crippen molar-refractivity contribution in [2.75, 3.05) is 19.8 Å². The molecule has 10 rings (SSSR count). The second-order valence-electron chi connectivity index (χ2n) is 22.4. The lowest BCUT2D eigenvalue weighted by Crippen LogP contribution is -2.51. The Morgan fingerprint density at radius 2 is 1.51 bits per heavy atom. The predicted molar refractivity (Wildman–Crippen MR) is 300 cm³/mol. The number of cyclic esters (lactones) is 1. The summed E-state index contributed by atoms with van der Waals surface area (Å²) in [5, 5.41) is 23.2.